The molecule has 1 aromatic heterocycles. The van der Waals surface area contributed by atoms with Gasteiger partial charge in [-0.15, -0.1) is 0 Å². The number of ether oxygens (including phenoxy) is 1. The normalized spacial score (nSPS) is 11.0. The molecule has 124 valence electrons. The van der Waals surface area contributed by atoms with Gasteiger partial charge >= 0.3 is 0 Å². The van der Waals surface area contributed by atoms with Crippen LogP contribution in [-0.4, -0.2) is 18.0 Å². The standard InChI is InChI=1S/C21H18N2O2/c1-13-19-16(15-10-6-7-11-17(15)22-19)12-18(20(13)25-2)23-21(24)14-8-4-3-5-9-14/h3-12,22H,1-2H3,(H,23,24). The summed E-state index contributed by atoms with van der Waals surface area (Å²) in [5.41, 5.74) is 4.34. The van der Waals surface area contributed by atoms with E-state index in [-0.39, 0.29) is 5.91 Å². The Bertz CT molecular complexity index is 1080. The number of nitrogens with one attached hydrogen (secondary N) is 2. The molecule has 0 radical (unpaired) electrons. The van der Waals surface area contributed by atoms with Crippen LogP contribution in [-0.2, 0) is 0 Å². The largest absolute Gasteiger partial charge is 0.494 e. The van der Waals surface area contributed by atoms with Crippen molar-refractivity contribution in [3.05, 3.63) is 71.8 Å². The number of fused-ring (bicyclic) bond motifs is 3. The van der Waals surface area contributed by atoms with Crippen LogP contribution in [0.4, 0.5) is 5.69 Å². The highest BCUT2D eigenvalue weighted by molar-refractivity contribution is 6.12. The fourth-order valence-electron chi connectivity index (χ4n) is 3.27. The molecule has 0 aliphatic heterocycles. The molecule has 1 heterocycles. The average Bonchev–Trinajstić information content (AvgIpc) is 3.02. The Kier molecular flexibility index (Phi) is 3.65. The zero-order valence-corrected chi connectivity index (χ0v) is 14.1. The summed E-state index contributed by atoms with van der Waals surface area (Å²) in [5.74, 6) is 0.515. The van der Waals surface area contributed by atoms with Gasteiger partial charge in [0.1, 0.15) is 5.75 Å². The maximum Gasteiger partial charge on any atom is 0.255 e. The van der Waals surface area contributed by atoms with Crippen LogP contribution in [0, 0.1) is 6.92 Å². The smallest absolute Gasteiger partial charge is 0.255 e. The fourth-order valence-corrected chi connectivity index (χ4v) is 3.27. The van der Waals surface area contributed by atoms with Crippen LogP contribution in [0.25, 0.3) is 21.8 Å². The predicted molar refractivity (Wildman–Crippen MR) is 101 cm³/mol. The maximum absolute atomic E-state index is 12.6. The summed E-state index contributed by atoms with van der Waals surface area (Å²) in [4.78, 5) is 16.0. The van der Waals surface area contributed by atoms with Crippen LogP contribution in [0.2, 0.25) is 0 Å². The first-order valence-electron chi connectivity index (χ1n) is 8.13. The van der Waals surface area contributed by atoms with Gasteiger partial charge < -0.3 is 15.0 Å². The third-order valence-electron chi connectivity index (χ3n) is 4.48. The van der Waals surface area contributed by atoms with Gasteiger partial charge in [0.05, 0.1) is 18.3 Å². The monoisotopic (exact) mass is 330 g/mol. The van der Waals surface area contributed by atoms with Gasteiger partial charge in [0, 0.05) is 27.4 Å². The van der Waals surface area contributed by atoms with Crippen LogP contribution in [0.15, 0.2) is 60.7 Å². The Morgan fingerprint density at radius 1 is 1.00 bits per heavy atom. The van der Waals surface area contributed by atoms with Crippen molar-refractivity contribution >= 4 is 33.4 Å². The molecule has 2 N–H and O–H groups in total. The topological polar surface area (TPSA) is 54.1 Å². The quantitative estimate of drug-likeness (QED) is 0.562. The van der Waals surface area contributed by atoms with Gasteiger partial charge in [0.15, 0.2) is 0 Å². The number of benzene rings is 3. The summed E-state index contributed by atoms with van der Waals surface area (Å²) < 4.78 is 5.58. The molecule has 0 spiro atoms. The van der Waals surface area contributed by atoms with Gasteiger partial charge in [-0.2, -0.15) is 0 Å². The Morgan fingerprint density at radius 3 is 2.48 bits per heavy atom. The molecule has 4 heteroatoms. The van der Waals surface area contributed by atoms with Crippen LogP contribution in [0.5, 0.6) is 5.75 Å². The second kappa shape index (κ2) is 5.98. The van der Waals surface area contributed by atoms with Gasteiger partial charge in [0.2, 0.25) is 0 Å². The highest BCUT2D eigenvalue weighted by Gasteiger charge is 2.17. The minimum absolute atomic E-state index is 0.155. The first kappa shape index (κ1) is 15.3. The maximum atomic E-state index is 12.6. The summed E-state index contributed by atoms with van der Waals surface area (Å²) in [5, 5.41) is 5.18. The molecule has 0 bridgehead atoms. The van der Waals surface area contributed by atoms with E-state index in [1.54, 1.807) is 19.2 Å². The van der Waals surface area contributed by atoms with Crippen molar-refractivity contribution in [2.75, 3.05) is 12.4 Å². The van der Waals surface area contributed by atoms with Crippen molar-refractivity contribution in [2.45, 2.75) is 6.92 Å². The number of anilines is 1. The lowest BCUT2D eigenvalue weighted by molar-refractivity contribution is 0.102. The Hall–Kier alpha value is -3.27. The molecular formula is C21H18N2O2. The van der Waals surface area contributed by atoms with E-state index in [4.69, 9.17) is 4.74 Å². The third kappa shape index (κ3) is 2.52. The Morgan fingerprint density at radius 2 is 1.72 bits per heavy atom. The zero-order chi connectivity index (χ0) is 17.4. The lowest BCUT2D eigenvalue weighted by Gasteiger charge is -2.14. The van der Waals surface area contributed by atoms with E-state index < -0.39 is 0 Å². The molecule has 25 heavy (non-hydrogen) atoms. The molecule has 4 rings (SSSR count). The minimum Gasteiger partial charge on any atom is -0.494 e. The molecule has 3 aromatic carbocycles. The first-order valence-corrected chi connectivity index (χ1v) is 8.13. The van der Waals surface area contributed by atoms with Crippen LogP contribution < -0.4 is 10.1 Å². The molecule has 0 saturated heterocycles. The van der Waals surface area contributed by atoms with Crippen molar-refractivity contribution in [3.63, 3.8) is 0 Å². The number of methoxy groups -OCH3 is 1. The number of H-pyrrole nitrogens is 1. The summed E-state index contributed by atoms with van der Waals surface area (Å²) in [6.45, 7) is 1.99. The molecule has 0 fully saturated rings. The second-order valence-corrected chi connectivity index (χ2v) is 6.00. The fraction of sp³-hybridized carbons (Fsp3) is 0.0952. The number of carbonyl (C=O) groups excluding carboxylic acids is 1. The Labute approximate surface area is 145 Å². The summed E-state index contributed by atoms with van der Waals surface area (Å²) in [6.07, 6.45) is 0. The van der Waals surface area contributed by atoms with Crippen LogP contribution in [0.1, 0.15) is 15.9 Å². The van der Waals surface area contributed by atoms with E-state index in [1.807, 2.05) is 49.4 Å². The predicted octanol–water partition coefficient (Wildman–Crippen LogP) is 4.89. The average molecular weight is 330 g/mol. The number of carbonyl (C=O) groups is 1. The molecule has 4 nitrogen and oxygen atoms in total. The summed E-state index contributed by atoms with van der Waals surface area (Å²) >= 11 is 0. The number of para-hydroxylation sites is 1. The Balaban J connectivity index is 1.87. The molecular weight excluding hydrogens is 312 g/mol. The molecule has 4 aromatic rings. The second-order valence-electron chi connectivity index (χ2n) is 6.00. The van der Waals surface area contributed by atoms with E-state index in [0.29, 0.717) is 17.0 Å². The van der Waals surface area contributed by atoms with E-state index in [1.165, 1.54) is 0 Å². The van der Waals surface area contributed by atoms with Gasteiger partial charge in [-0.3, -0.25) is 4.79 Å². The van der Waals surface area contributed by atoms with Crippen molar-refractivity contribution in [1.29, 1.82) is 0 Å². The van der Waals surface area contributed by atoms with E-state index >= 15 is 0 Å². The van der Waals surface area contributed by atoms with Crippen molar-refractivity contribution in [3.8, 4) is 5.75 Å². The lowest BCUT2D eigenvalue weighted by atomic mass is 10.1. The van der Waals surface area contributed by atoms with Crippen molar-refractivity contribution in [1.82, 2.24) is 4.98 Å². The zero-order valence-electron chi connectivity index (χ0n) is 14.1. The van der Waals surface area contributed by atoms with E-state index in [0.717, 1.165) is 27.4 Å². The first-order chi connectivity index (χ1) is 12.2. The van der Waals surface area contributed by atoms with Gasteiger partial charge in [-0.25, -0.2) is 0 Å². The molecule has 0 aliphatic carbocycles. The van der Waals surface area contributed by atoms with Gasteiger partial charge in [-0.1, -0.05) is 36.4 Å². The highest BCUT2D eigenvalue weighted by atomic mass is 16.5. The SMILES string of the molecule is COc1c(NC(=O)c2ccccc2)cc2c([nH]c3ccccc32)c1C. The number of rotatable bonds is 3. The number of aryl methyl sites for hydroxylation is 1. The van der Waals surface area contributed by atoms with Gasteiger partial charge in [-0.05, 0) is 31.2 Å². The van der Waals surface area contributed by atoms with Crippen molar-refractivity contribution < 1.29 is 9.53 Å². The molecule has 0 unspecified atom stereocenters. The summed E-state index contributed by atoms with van der Waals surface area (Å²) in [6, 6.07) is 19.3. The van der Waals surface area contributed by atoms with Crippen LogP contribution in [0.3, 0.4) is 0 Å². The van der Waals surface area contributed by atoms with Gasteiger partial charge in [0.25, 0.3) is 5.91 Å². The lowest BCUT2D eigenvalue weighted by Crippen LogP contribution is -2.12. The summed E-state index contributed by atoms with van der Waals surface area (Å²) in [7, 11) is 1.62. The number of aromatic nitrogens is 1. The van der Waals surface area contributed by atoms with Crippen LogP contribution >= 0.6 is 0 Å². The number of hydrogen-bond donors (Lipinski definition) is 2. The highest BCUT2D eigenvalue weighted by Crippen LogP contribution is 2.38. The number of aromatic amines is 1. The third-order valence-corrected chi connectivity index (χ3v) is 4.48. The molecule has 0 atom stereocenters. The number of amides is 1. The molecule has 1 amide bonds. The van der Waals surface area contributed by atoms with Crippen molar-refractivity contribution in [2.24, 2.45) is 0 Å². The van der Waals surface area contributed by atoms with E-state index in [2.05, 4.69) is 16.4 Å². The minimum atomic E-state index is -0.155. The molecule has 0 saturated carbocycles. The molecule has 0 aliphatic rings. The van der Waals surface area contributed by atoms with E-state index in [9.17, 15) is 4.79 Å². The number of hydrogen-bond acceptors (Lipinski definition) is 2.